The van der Waals surface area contributed by atoms with Crippen molar-refractivity contribution in [2.24, 2.45) is 12.0 Å². The molecule has 0 unspecified atom stereocenters. The first-order valence-electron chi connectivity index (χ1n) is 11.5. The van der Waals surface area contributed by atoms with Gasteiger partial charge in [0, 0.05) is 19.6 Å². The molecule has 172 valence electrons. The molecule has 0 spiro atoms. The van der Waals surface area contributed by atoms with E-state index in [-0.39, 0.29) is 24.0 Å². The van der Waals surface area contributed by atoms with Crippen molar-refractivity contribution in [3.8, 4) is 0 Å². The van der Waals surface area contributed by atoms with Crippen LogP contribution in [0.4, 0.5) is 0 Å². The van der Waals surface area contributed by atoms with Gasteiger partial charge in [-0.3, -0.25) is 0 Å². The summed E-state index contributed by atoms with van der Waals surface area (Å²) in [5.74, 6) is 3.29. The third kappa shape index (κ3) is 8.09. The standard InChI is InChI=1S/C24H38N6.HI/c1-18(2)21-14-12-20(13-15-21)9-8-16-25-24(27-22-10-6-5-7-11-22)26-17-23-29-28-19(3)30(23)4;/h12-15,18,22H,5-11,16-17H2,1-4H3,(H2,25,26,27);1H. The van der Waals surface area contributed by atoms with E-state index in [0.29, 0.717) is 18.5 Å². The van der Waals surface area contributed by atoms with Gasteiger partial charge in [-0.05, 0) is 49.7 Å². The Labute approximate surface area is 204 Å². The monoisotopic (exact) mass is 538 g/mol. The van der Waals surface area contributed by atoms with Gasteiger partial charge < -0.3 is 15.2 Å². The van der Waals surface area contributed by atoms with Crippen molar-refractivity contribution in [1.29, 1.82) is 0 Å². The highest BCUT2D eigenvalue weighted by Crippen LogP contribution is 2.17. The van der Waals surface area contributed by atoms with Gasteiger partial charge in [0.15, 0.2) is 11.8 Å². The van der Waals surface area contributed by atoms with Crippen LogP contribution in [-0.2, 0) is 20.0 Å². The van der Waals surface area contributed by atoms with E-state index in [2.05, 4.69) is 58.9 Å². The summed E-state index contributed by atoms with van der Waals surface area (Å²) in [6.45, 7) is 7.88. The molecule has 0 saturated heterocycles. The second kappa shape index (κ2) is 13.0. The first-order chi connectivity index (χ1) is 14.5. The fourth-order valence-electron chi connectivity index (χ4n) is 3.90. The maximum atomic E-state index is 4.81. The van der Waals surface area contributed by atoms with Gasteiger partial charge in [-0.25, -0.2) is 4.99 Å². The normalized spacial score (nSPS) is 15.1. The lowest BCUT2D eigenvalue weighted by Gasteiger charge is -2.25. The van der Waals surface area contributed by atoms with Gasteiger partial charge in [0.1, 0.15) is 12.4 Å². The summed E-state index contributed by atoms with van der Waals surface area (Å²) in [7, 11) is 1.99. The van der Waals surface area contributed by atoms with Crippen molar-refractivity contribution in [2.45, 2.75) is 84.2 Å². The highest BCUT2D eigenvalue weighted by Gasteiger charge is 2.15. The van der Waals surface area contributed by atoms with E-state index in [0.717, 1.165) is 37.0 Å². The van der Waals surface area contributed by atoms with Gasteiger partial charge >= 0.3 is 0 Å². The molecule has 0 bridgehead atoms. The number of hydrogen-bond donors (Lipinski definition) is 2. The van der Waals surface area contributed by atoms with Crippen LogP contribution in [0.5, 0.6) is 0 Å². The molecule has 3 rings (SSSR count). The van der Waals surface area contributed by atoms with Crippen molar-refractivity contribution >= 4 is 29.9 Å². The van der Waals surface area contributed by atoms with Crippen LogP contribution in [0, 0.1) is 6.92 Å². The first-order valence-corrected chi connectivity index (χ1v) is 11.5. The molecule has 2 N–H and O–H groups in total. The maximum Gasteiger partial charge on any atom is 0.191 e. The van der Waals surface area contributed by atoms with E-state index in [1.165, 1.54) is 43.2 Å². The van der Waals surface area contributed by atoms with Crippen molar-refractivity contribution < 1.29 is 0 Å². The van der Waals surface area contributed by atoms with Crippen LogP contribution in [0.25, 0.3) is 0 Å². The van der Waals surface area contributed by atoms with Gasteiger partial charge in [-0.15, -0.1) is 34.2 Å². The second-order valence-electron chi connectivity index (χ2n) is 8.79. The number of guanidine groups is 1. The summed E-state index contributed by atoms with van der Waals surface area (Å²) in [6.07, 6.45) is 8.57. The molecular formula is C24H39IN6. The summed E-state index contributed by atoms with van der Waals surface area (Å²) in [6, 6.07) is 9.57. The molecule has 6 nitrogen and oxygen atoms in total. The predicted molar refractivity (Wildman–Crippen MR) is 139 cm³/mol. The number of rotatable bonds is 8. The molecule has 1 aliphatic rings. The molecule has 0 aliphatic heterocycles. The van der Waals surface area contributed by atoms with E-state index in [4.69, 9.17) is 4.99 Å². The largest absolute Gasteiger partial charge is 0.356 e. The van der Waals surface area contributed by atoms with E-state index >= 15 is 0 Å². The summed E-state index contributed by atoms with van der Waals surface area (Å²) < 4.78 is 2.00. The van der Waals surface area contributed by atoms with E-state index in [9.17, 15) is 0 Å². The quantitative estimate of drug-likeness (QED) is 0.218. The zero-order valence-electron chi connectivity index (χ0n) is 19.5. The van der Waals surface area contributed by atoms with Gasteiger partial charge in [-0.2, -0.15) is 0 Å². The van der Waals surface area contributed by atoms with Crippen LogP contribution in [0.15, 0.2) is 29.3 Å². The molecule has 0 atom stereocenters. The Morgan fingerprint density at radius 2 is 1.84 bits per heavy atom. The van der Waals surface area contributed by atoms with E-state index in [1.807, 2.05) is 18.5 Å². The summed E-state index contributed by atoms with van der Waals surface area (Å²) >= 11 is 0. The maximum absolute atomic E-state index is 4.81. The Hall–Kier alpha value is -1.64. The Balaban J connectivity index is 0.00000341. The molecule has 1 aromatic heterocycles. The Morgan fingerprint density at radius 3 is 2.45 bits per heavy atom. The third-order valence-electron chi connectivity index (χ3n) is 6.09. The molecular weight excluding hydrogens is 499 g/mol. The lowest BCUT2D eigenvalue weighted by atomic mass is 9.96. The van der Waals surface area contributed by atoms with E-state index in [1.54, 1.807) is 0 Å². The molecule has 7 heteroatoms. The van der Waals surface area contributed by atoms with E-state index < -0.39 is 0 Å². The molecule has 1 fully saturated rings. The Kier molecular flexibility index (Phi) is 10.8. The zero-order chi connectivity index (χ0) is 21.3. The number of benzene rings is 1. The molecule has 31 heavy (non-hydrogen) atoms. The van der Waals surface area contributed by atoms with Crippen molar-refractivity contribution in [2.75, 3.05) is 6.54 Å². The van der Waals surface area contributed by atoms with Gasteiger partial charge in [0.2, 0.25) is 0 Å². The van der Waals surface area contributed by atoms with Crippen LogP contribution in [0.3, 0.4) is 0 Å². The minimum atomic E-state index is 0. The number of nitrogens with one attached hydrogen (secondary N) is 2. The predicted octanol–water partition coefficient (Wildman–Crippen LogP) is 4.87. The molecule has 1 aromatic carbocycles. The molecule has 2 aromatic rings. The number of nitrogens with zero attached hydrogens (tertiary/aromatic N) is 4. The minimum Gasteiger partial charge on any atom is -0.356 e. The van der Waals surface area contributed by atoms with Crippen LogP contribution < -0.4 is 10.6 Å². The van der Waals surface area contributed by atoms with Gasteiger partial charge in [-0.1, -0.05) is 57.4 Å². The van der Waals surface area contributed by atoms with Crippen LogP contribution in [0.2, 0.25) is 0 Å². The molecule has 0 amide bonds. The van der Waals surface area contributed by atoms with Gasteiger partial charge in [0.05, 0.1) is 0 Å². The number of aliphatic imine (C=N–C) groups is 1. The Bertz CT molecular complexity index is 806. The molecule has 1 saturated carbocycles. The lowest BCUT2D eigenvalue weighted by Crippen LogP contribution is -2.44. The van der Waals surface area contributed by atoms with Crippen LogP contribution in [0.1, 0.15) is 81.1 Å². The smallest absolute Gasteiger partial charge is 0.191 e. The number of aromatic nitrogens is 3. The first kappa shape index (κ1) is 25.6. The van der Waals surface area contributed by atoms with Crippen LogP contribution >= 0.6 is 24.0 Å². The van der Waals surface area contributed by atoms with Crippen molar-refractivity contribution in [3.05, 3.63) is 47.0 Å². The summed E-state index contributed by atoms with van der Waals surface area (Å²) in [4.78, 5) is 4.81. The average Bonchev–Trinajstić information content (AvgIpc) is 3.08. The number of aryl methyl sites for hydroxylation is 2. The van der Waals surface area contributed by atoms with Crippen molar-refractivity contribution in [3.63, 3.8) is 0 Å². The number of hydrogen-bond acceptors (Lipinski definition) is 3. The minimum absolute atomic E-state index is 0. The summed E-state index contributed by atoms with van der Waals surface area (Å²) in [5.41, 5.74) is 2.80. The summed E-state index contributed by atoms with van der Waals surface area (Å²) in [5, 5.41) is 15.6. The zero-order valence-corrected chi connectivity index (χ0v) is 21.9. The molecule has 1 heterocycles. The topological polar surface area (TPSA) is 67.1 Å². The Morgan fingerprint density at radius 1 is 1.13 bits per heavy atom. The number of halogens is 1. The average molecular weight is 539 g/mol. The SMILES string of the molecule is Cc1nnc(CN=C(NCCCc2ccc(C(C)C)cc2)NC2CCCCC2)n1C.I. The third-order valence-corrected chi connectivity index (χ3v) is 6.09. The van der Waals surface area contributed by atoms with Crippen molar-refractivity contribution in [1.82, 2.24) is 25.4 Å². The lowest BCUT2D eigenvalue weighted by molar-refractivity contribution is 0.409. The fraction of sp³-hybridized carbons (Fsp3) is 0.625. The fourth-order valence-corrected chi connectivity index (χ4v) is 3.90. The highest BCUT2D eigenvalue weighted by molar-refractivity contribution is 14.0. The van der Waals surface area contributed by atoms with Crippen LogP contribution in [-0.4, -0.2) is 33.3 Å². The highest BCUT2D eigenvalue weighted by atomic mass is 127. The molecule has 0 radical (unpaired) electrons. The van der Waals surface area contributed by atoms with Gasteiger partial charge in [0.25, 0.3) is 0 Å². The molecule has 1 aliphatic carbocycles. The second-order valence-corrected chi connectivity index (χ2v) is 8.79.